The van der Waals surface area contributed by atoms with Gasteiger partial charge in [0.25, 0.3) is 0 Å². The number of H-pyrrole nitrogens is 1. The first-order valence-electron chi connectivity index (χ1n) is 10.6. The summed E-state index contributed by atoms with van der Waals surface area (Å²) in [5, 5.41) is 14.5. The highest BCUT2D eigenvalue weighted by molar-refractivity contribution is 5.94. The minimum atomic E-state index is -0.486. The van der Waals surface area contributed by atoms with Gasteiger partial charge in [0.05, 0.1) is 5.54 Å². The Morgan fingerprint density at radius 1 is 1.23 bits per heavy atom. The molecule has 0 saturated heterocycles. The molecule has 0 fully saturated rings. The summed E-state index contributed by atoms with van der Waals surface area (Å²) >= 11 is 0. The van der Waals surface area contributed by atoms with Gasteiger partial charge in [-0.25, -0.2) is 4.98 Å². The summed E-state index contributed by atoms with van der Waals surface area (Å²) in [5.74, 6) is 1.44. The van der Waals surface area contributed by atoms with Crippen LogP contribution in [0.15, 0.2) is 61.6 Å². The fourth-order valence-corrected chi connectivity index (χ4v) is 3.61. The third kappa shape index (κ3) is 5.57. The van der Waals surface area contributed by atoms with Crippen molar-refractivity contribution in [3.63, 3.8) is 0 Å². The lowest BCUT2D eigenvalue weighted by atomic mass is 9.87. The molecule has 1 atom stereocenters. The maximum Gasteiger partial charge on any atom is 0.181 e. The molecular weight excluding hydrogens is 388 g/mol. The Kier molecular flexibility index (Phi) is 7.54. The second-order valence-corrected chi connectivity index (χ2v) is 7.60. The number of hydrogen-bond donors (Lipinski definition) is 3. The van der Waals surface area contributed by atoms with E-state index in [1.807, 2.05) is 36.4 Å². The lowest BCUT2D eigenvalue weighted by Crippen LogP contribution is -2.39. The number of unbranched alkanes of at least 4 members (excludes halogenated alkanes) is 1. The van der Waals surface area contributed by atoms with Gasteiger partial charge >= 0.3 is 0 Å². The molecule has 2 aromatic heterocycles. The highest BCUT2D eigenvalue weighted by Crippen LogP contribution is 2.34. The summed E-state index contributed by atoms with van der Waals surface area (Å²) in [6, 6.07) is 11.4. The van der Waals surface area contributed by atoms with Gasteiger partial charge in [0, 0.05) is 35.8 Å². The van der Waals surface area contributed by atoms with E-state index in [9.17, 15) is 4.79 Å². The summed E-state index contributed by atoms with van der Waals surface area (Å²) in [5.41, 5.74) is 1.97. The smallest absolute Gasteiger partial charge is 0.181 e. The molecule has 1 unspecified atom stereocenters. The van der Waals surface area contributed by atoms with Crippen LogP contribution in [-0.2, 0) is 5.54 Å². The second-order valence-electron chi connectivity index (χ2n) is 7.60. The Labute approximate surface area is 183 Å². The Hall–Kier alpha value is -3.48. The number of benzene rings is 1. The van der Waals surface area contributed by atoms with Gasteiger partial charge in [0.1, 0.15) is 0 Å². The van der Waals surface area contributed by atoms with E-state index in [2.05, 4.69) is 39.3 Å². The molecular formula is C24H30N6O. The molecule has 162 valence electrons. The molecule has 0 bridgehead atoms. The minimum Gasteiger partial charge on any atom is -0.391 e. The number of anilines is 1. The van der Waals surface area contributed by atoms with Crippen LogP contribution in [0, 0.1) is 0 Å². The van der Waals surface area contributed by atoms with Crippen molar-refractivity contribution in [1.82, 2.24) is 25.5 Å². The van der Waals surface area contributed by atoms with Gasteiger partial charge in [-0.3, -0.25) is 14.9 Å². The van der Waals surface area contributed by atoms with Gasteiger partial charge in [-0.05, 0) is 50.2 Å². The first-order valence-corrected chi connectivity index (χ1v) is 10.6. The van der Waals surface area contributed by atoms with Crippen molar-refractivity contribution in [2.45, 2.75) is 45.1 Å². The molecule has 0 saturated carbocycles. The van der Waals surface area contributed by atoms with E-state index in [-0.39, 0.29) is 5.78 Å². The Balaban J connectivity index is 2.01. The predicted molar refractivity (Wildman–Crippen MR) is 124 cm³/mol. The van der Waals surface area contributed by atoms with Crippen LogP contribution in [0.25, 0.3) is 11.4 Å². The summed E-state index contributed by atoms with van der Waals surface area (Å²) in [7, 11) is 0. The molecule has 3 rings (SSSR count). The zero-order chi connectivity index (χ0) is 22.1. The maximum atomic E-state index is 11.9. The number of nitrogens with one attached hydrogen (secondary N) is 3. The SMILES string of the molecule is C=CNCCC(CCCC)(Nc1cccc(C(C)=O)c1)c1nc(-c2ccncc2)n[nH]1. The first-order chi connectivity index (χ1) is 15.1. The molecule has 31 heavy (non-hydrogen) atoms. The van der Waals surface area contributed by atoms with Crippen molar-refractivity contribution in [1.29, 1.82) is 0 Å². The summed E-state index contributed by atoms with van der Waals surface area (Å²) in [6.07, 6.45) is 8.84. The number of pyridine rings is 1. The van der Waals surface area contributed by atoms with Gasteiger partial charge in [0.2, 0.25) is 0 Å². The number of ketones is 1. The fourth-order valence-electron chi connectivity index (χ4n) is 3.61. The van der Waals surface area contributed by atoms with E-state index in [4.69, 9.17) is 4.98 Å². The zero-order valence-electron chi connectivity index (χ0n) is 18.2. The first kappa shape index (κ1) is 22.2. The number of hydrogen-bond acceptors (Lipinski definition) is 6. The summed E-state index contributed by atoms with van der Waals surface area (Å²) < 4.78 is 0. The van der Waals surface area contributed by atoms with Gasteiger partial charge in [-0.15, -0.1) is 0 Å². The average Bonchev–Trinajstić information content (AvgIpc) is 3.29. The number of carbonyl (C=O) groups is 1. The molecule has 0 spiro atoms. The van der Waals surface area contributed by atoms with Crippen molar-refractivity contribution in [2.75, 3.05) is 11.9 Å². The monoisotopic (exact) mass is 418 g/mol. The molecule has 2 heterocycles. The third-order valence-corrected chi connectivity index (χ3v) is 5.33. The molecule has 3 N–H and O–H groups in total. The fraction of sp³-hybridized carbons (Fsp3) is 0.333. The topological polar surface area (TPSA) is 95.6 Å². The molecule has 7 nitrogen and oxygen atoms in total. The number of aromatic nitrogens is 4. The third-order valence-electron chi connectivity index (χ3n) is 5.33. The molecule has 0 aliphatic rings. The summed E-state index contributed by atoms with van der Waals surface area (Å²) in [6.45, 7) is 8.23. The normalized spacial score (nSPS) is 12.7. The Morgan fingerprint density at radius 2 is 2.03 bits per heavy atom. The average molecular weight is 419 g/mol. The van der Waals surface area contributed by atoms with Crippen LogP contribution >= 0.6 is 0 Å². The van der Waals surface area contributed by atoms with Gasteiger partial charge < -0.3 is 10.6 Å². The van der Waals surface area contributed by atoms with Crippen molar-refractivity contribution < 1.29 is 4.79 Å². The van der Waals surface area contributed by atoms with Crippen LogP contribution in [0.2, 0.25) is 0 Å². The molecule has 7 heteroatoms. The molecule has 1 aromatic carbocycles. The van der Waals surface area contributed by atoms with Crippen LogP contribution < -0.4 is 10.6 Å². The number of rotatable bonds is 12. The minimum absolute atomic E-state index is 0.0378. The standard InChI is InChI=1S/C24H30N6O/c1-4-6-12-24(13-16-25-5-2,28-21-9-7-8-20(17-21)18(3)31)23-27-22(29-30-23)19-10-14-26-15-11-19/h5,7-11,14-15,17,25,28H,2,4,6,12-13,16H2,1,3H3,(H,27,29,30). The van der Waals surface area contributed by atoms with Crippen molar-refractivity contribution >= 4 is 11.5 Å². The molecule has 3 aromatic rings. The second kappa shape index (κ2) is 10.5. The molecule has 0 aliphatic heterocycles. The van der Waals surface area contributed by atoms with Crippen LogP contribution in [0.1, 0.15) is 55.7 Å². The van der Waals surface area contributed by atoms with E-state index < -0.39 is 5.54 Å². The zero-order valence-corrected chi connectivity index (χ0v) is 18.2. The van der Waals surface area contributed by atoms with E-state index in [1.54, 1.807) is 25.5 Å². The van der Waals surface area contributed by atoms with Crippen LogP contribution in [0.4, 0.5) is 5.69 Å². The maximum absolute atomic E-state index is 11.9. The predicted octanol–water partition coefficient (Wildman–Crippen LogP) is 4.69. The van der Waals surface area contributed by atoms with Crippen molar-refractivity contribution in [3.05, 3.63) is 73.0 Å². The van der Waals surface area contributed by atoms with E-state index in [1.165, 1.54) is 0 Å². The number of carbonyl (C=O) groups excluding carboxylic acids is 1. The Bertz CT molecular complexity index is 1000. The molecule has 0 amide bonds. The van der Waals surface area contributed by atoms with E-state index in [0.717, 1.165) is 49.3 Å². The van der Waals surface area contributed by atoms with Crippen LogP contribution in [0.3, 0.4) is 0 Å². The highest BCUT2D eigenvalue weighted by atomic mass is 16.1. The van der Waals surface area contributed by atoms with Crippen molar-refractivity contribution in [3.8, 4) is 11.4 Å². The van der Waals surface area contributed by atoms with Gasteiger partial charge in [0.15, 0.2) is 17.4 Å². The van der Waals surface area contributed by atoms with E-state index >= 15 is 0 Å². The molecule has 0 radical (unpaired) electrons. The Morgan fingerprint density at radius 3 is 2.74 bits per heavy atom. The highest BCUT2D eigenvalue weighted by Gasteiger charge is 2.35. The van der Waals surface area contributed by atoms with Gasteiger partial charge in [-0.2, -0.15) is 5.10 Å². The molecule has 0 aliphatic carbocycles. The number of Topliss-reactive ketones (excluding diaryl/α,β-unsaturated/α-hetero) is 1. The number of nitrogens with zero attached hydrogens (tertiary/aromatic N) is 3. The van der Waals surface area contributed by atoms with E-state index in [0.29, 0.717) is 11.4 Å². The lowest BCUT2D eigenvalue weighted by molar-refractivity contribution is 0.101. The largest absolute Gasteiger partial charge is 0.391 e. The van der Waals surface area contributed by atoms with Crippen LogP contribution in [-0.4, -0.2) is 32.5 Å². The van der Waals surface area contributed by atoms with Crippen LogP contribution in [0.5, 0.6) is 0 Å². The quantitative estimate of drug-likeness (QED) is 0.292. The van der Waals surface area contributed by atoms with Crippen molar-refractivity contribution in [2.24, 2.45) is 0 Å². The lowest BCUT2D eigenvalue weighted by Gasteiger charge is -2.34. The summed E-state index contributed by atoms with van der Waals surface area (Å²) in [4.78, 5) is 20.8. The number of aromatic amines is 1. The van der Waals surface area contributed by atoms with Gasteiger partial charge in [-0.1, -0.05) is 38.5 Å².